The van der Waals surface area contributed by atoms with Gasteiger partial charge < -0.3 is 14.2 Å². The minimum absolute atomic E-state index is 0.0824. The summed E-state index contributed by atoms with van der Waals surface area (Å²) in [6.07, 6.45) is 88.5. The lowest BCUT2D eigenvalue weighted by molar-refractivity contribution is -0.167. The molecule has 6 nitrogen and oxygen atoms in total. The van der Waals surface area contributed by atoms with E-state index in [1.54, 1.807) is 0 Å². The van der Waals surface area contributed by atoms with Gasteiger partial charge in [-0.3, -0.25) is 14.4 Å². The Bertz CT molecular complexity index is 1530. The van der Waals surface area contributed by atoms with Crippen molar-refractivity contribution >= 4 is 17.9 Å². The molecule has 0 amide bonds. The Labute approximate surface area is 483 Å². The second kappa shape index (κ2) is 65.8. The summed E-state index contributed by atoms with van der Waals surface area (Å²) in [5.41, 5.74) is 0. The molecule has 0 bridgehead atoms. The van der Waals surface area contributed by atoms with E-state index in [0.29, 0.717) is 19.3 Å². The molecule has 0 spiro atoms. The summed E-state index contributed by atoms with van der Waals surface area (Å²) in [5, 5.41) is 0. The van der Waals surface area contributed by atoms with E-state index in [-0.39, 0.29) is 31.1 Å². The Morgan fingerprint density at radius 3 is 0.821 bits per heavy atom. The number of allylic oxidation sites excluding steroid dienone is 16. The van der Waals surface area contributed by atoms with Gasteiger partial charge >= 0.3 is 17.9 Å². The van der Waals surface area contributed by atoms with Crippen LogP contribution in [0.5, 0.6) is 0 Å². The number of carbonyl (C=O) groups excluding carboxylic acids is 3. The maximum Gasteiger partial charge on any atom is 0.306 e. The van der Waals surface area contributed by atoms with E-state index in [9.17, 15) is 14.4 Å². The Morgan fingerprint density at radius 1 is 0.269 bits per heavy atom. The van der Waals surface area contributed by atoms with Gasteiger partial charge in [-0.1, -0.05) is 298 Å². The second-order valence-electron chi connectivity index (χ2n) is 22.0. The first-order chi connectivity index (χ1) is 38.5. The lowest BCUT2D eigenvalue weighted by Gasteiger charge is -2.18. The molecular weight excluding hydrogens is 961 g/mol. The predicted octanol–water partition coefficient (Wildman–Crippen LogP) is 22.8. The average Bonchev–Trinajstić information content (AvgIpc) is 3.44. The van der Waals surface area contributed by atoms with Crippen LogP contribution in [0.25, 0.3) is 0 Å². The molecule has 0 saturated heterocycles. The lowest BCUT2D eigenvalue weighted by Crippen LogP contribution is -2.30. The van der Waals surface area contributed by atoms with Gasteiger partial charge in [0.2, 0.25) is 0 Å². The molecule has 0 aliphatic heterocycles. The number of hydrogen-bond acceptors (Lipinski definition) is 6. The van der Waals surface area contributed by atoms with Crippen LogP contribution in [0.2, 0.25) is 0 Å². The van der Waals surface area contributed by atoms with E-state index >= 15 is 0 Å². The first-order valence-electron chi connectivity index (χ1n) is 33.2. The number of rotatable bonds is 60. The zero-order valence-electron chi connectivity index (χ0n) is 51.4. The zero-order valence-corrected chi connectivity index (χ0v) is 51.4. The third-order valence-corrected chi connectivity index (χ3v) is 14.3. The number of hydrogen-bond donors (Lipinski definition) is 0. The molecule has 448 valence electrons. The quantitative estimate of drug-likeness (QED) is 0.0261. The summed E-state index contributed by atoms with van der Waals surface area (Å²) in [5.74, 6) is -0.889. The van der Waals surface area contributed by atoms with Crippen LogP contribution in [-0.4, -0.2) is 37.2 Å². The molecule has 0 fully saturated rings. The van der Waals surface area contributed by atoms with Crippen molar-refractivity contribution in [3.8, 4) is 0 Å². The highest BCUT2D eigenvalue weighted by molar-refractivity contribution is 5.71. The van der Waals surface area contributed by atoms with Gasteiger partial charge in [0.25, 0.3) is 0 Å². The Morgan fingerprint density at radius 2 is 0.500 bits per heavy atom. The van der Waals surface area contributed by atoms with Crippen molar-refractivity contribution in [3.63, 3.8) is 0 Å². The van der Waals surface area contributed by atoms with Gasteiger partial charge in [-0.25, -0.2) is 0 Å². The highest BCUT2D eigenvalue weighted by Crippen LogP contribution is 2.17. The van der Waals surface area contributed by atoms with Gasteiger partial charge in [0.15, 0.2) is 6.10 Å². The van der Waals surface area contributed by atoms with Gasteiger partial charge in [-0.15, -0.1) is 0 Å². The van der Waals surface area contributed by atoms with Crippen molar-refractivity contribution in [3.05, 3.63) is 97.2 Å². The van der Waals surface area contributed by atoms with Crippen LogP contribution in [0, 0.1) is 0 Å². The fourth-order valence-corrected chi connectivity index (χ4v) is 9.36. The molecule has 1 unspecified atom stereocenters. The standard InChI is InChI=1S/C72H124O6/c1-4-7-10-13-16-19-22-25-27-29-31-32-33-34-35-36-37-38-39-40-42-43-45-47-50-53-56-59-62-65-71(74)77-68-69(67-76-70(73)64-61-58-55-52-49-24-21-18-15-12-9-6-3)78-72(75)66-63-60-57-54-51-48-46-44-41-30-28-26-23-20-17-14-11-8-5-2/h7,10,16,18-19,21,25,27,31-32,34-35,37-38,40,42,69H,4-6,8-9,11-15,17,20,22-24,26,28-30,33,36,39,41,43-68H2,1-3H3/b10-7-,19-16-,21-18-,27-25-,32-31-,35-34-,38-37-,42-40-. The summed E-state index contributed by atoms with van der Waals surface area (Å²) in [6, 6.07) is 0. The molecule has 0 aliphatic rings. The number of esters is 3. The highest BCUT2D eigenvalue weighted by atomic mass is 16.6. The van der Waals surface area contributed by atoms with Gasteiger partial charge in [-0.05, 0) is 103 Å². The monoisotopic (exact) mass is 1080 g/mol. The summed E-state index contributed by atoms with van der Waals surface area (Å²) >= 11 is 0. The van der Waals surface area contributed by atoms with Crippen LogP contribution in [0.15, 0.2) is 97.2 Å². The first-order valence-corrected chi connectivity index (χ1v) is 33.2. The molecule has 0 rings (SSSR count). The molecule has 0 radical (unpaired) electrons. The van der Waals surface area contributed by atoms with Crippen LogP contribution in [0.1, 0.15) is 323 Å². The van der Waals surface area contributed by atoms with Crippen LogP contribution in [0.4, 0.5) is 0 Å². The first kappa shape index (κ1) is 74.3. The SMILES string of the molecule is CC/C=C\C/C=C\C/C=C\C/C=C\C/C=C\C/C=C\C/C=C\CCCCCCCCCC(=O)OCC(COC(=O)CCCCCCC/C=C\CCCCC)OC(=O)CCCCCCCCCCCCCCCCCCCCC. The van der Waals surface area contributed by atoms with E-state index in [1.165, 1.54) is 167 Å². The van der Waals surface area contributed by atoms with Crippen molar-refractivity contribution in [2.75, 3.05) is 13.2 Å². The van der Waals surface area contributed by atoms with Crippen LogP contribution < -0.4 is 0 Å². The summed E-state index contributed by atoms with van der Waals surface area (Å²) in [6.45, 7) is 6.52. The van der Waals surface area contributed by atoms with E-state index in [4.69, 9.17) is 14.2 Å². The molecule has 0 aliphatic carbocycles. The number of unbranched alkanes of at least 4 members (excludes halogenated alkanes) is 33. The van der Waals surface area contributed by atoms with Gasteiger partial charge in [0, 0.05) is 19.3 Å². The van der Waals surface area contributed by atoms with Gasteiger partial charge in [0.05, 0.1) is 0 Å². The van der Waals surface area contributed by atoms with Crippen LogP contribution >= 0.6 is 0 Å². The fourth-order valence-electron chi connectivity index (χ4n) is 9.36. The molecule has 0 aromatic carbocycles. The minimum Gasteiger partial charge on any atom is -0.462 e. The van der Waals surface area contributed by atoms with E-state index in [2.05, 4.69) is 118 Å². The molecule has 0 saturated carbocycles. The number of ether oxygens (including phenoxy) is 3. The summed E-state index contributed by atoms with van der Waals surface area (Å²) in [7, 11) is 0. The zero-order chi connectivity index (χ0) is 56.4. The maximum atomic E-state index is 12.9. The molecular formula is C72H124O6. The van der Waals surface area contributed by atoms with Crippen molar-refractivity contribution in [1.29, 1.82) is 0 Å². The van der Waals surface area contributed by atoms with Crippen molar-refractivity contribution < 1.29 is 28.6 Å². The Kier molecular flexibility index (Phi) is 62.7. The fraction of sp³-hybridized carbons (Fsp3) is 0.736. The van der Waals surface area contributed by atoms with Crippen molar-refractivity contribution in [2.24, 2.45) is 0 Å². The average molecular weight is 1090 g/mol. The summed E-state index contributed by atoms with van der Waals surface area (Å²) < 4.78 is 16.9. The van der Waals surface area contributed by atoms with E-state index in [0.717, 1.165) is 116 Å². The van der Waals surface area contributed by atoms with Gasteiger partial charge in [-0.2, -0.15) is 0 Å². The molecule has 0 heterocycles. The molecule has 0 aromatic rings. The Balaban J connectivity index is 4.30. The van der Waals surface area contributed by atoms with Crippen LogP contribution in [0.3, 0.4) is 0 Å². The molecule has 0 aromatic heterocycles. The van der Waals surface area contributed by atoms with E-state index in [1.807, 2.05) is 0 Å². The van der Waals surface area contributed by atoms with Crippen molar-refractivity contribution in [2.45, 2.75) is 329 Å². The van der Waals surface area contributed by atoms with E-state index < -0.39 is 6.10 Å². The third-order valence-electron chi connectivity index (χ3n) is 14.3. The Hall–Kier alpha value is -3.67. The smallest absolute Gasteiger partial charge is 0.306 e. The highest BCUT2D eigenvalue weighted by Gasteiger charge is 2.19. The van der Waals surface area contributed by atoms with Gasteiger partial charge in [0.1, 0.15) is 13.2 Å². The topological polar surface area (TPSA) is 78.9 Å². The third kappa shape index (κ3) is 63.2. The maximum absolute atomic E-state index is 12.9. The number of carbonyl (C=O) groups is 3. The molecule has 6 heteroatoms. The second-order valence-corrected chi connectivity index (χ2v) is 22.0. The predicted molar refractivity (Wildman–Crippen MR) is 339 cm³/mol. The van der Waals surface area contributed by atoms with Crippen molar-refractivity contribution in [1.82, 2.24) is 0 Å². The normalized spacial score (nSPS) is 12.7. The minimum atomic E-state index is -0.785. The molecule has 0 N–H and O–H groups in total. The summed E-state index contributed by atoms with van der Waals surface area (Å²) in [4.78, 5) is 38.3. The molecule has 1 atom stereocenters. The lowest BCUT2D eigenvalue weighted by atomic mass is 10.0. The largest absolute Gasteiger partial charge is 0.462 e. The molecule has 78 heavy (non-hydrogen) atoms. The van der Waals surface area contributed by atoms with Crippen LogP contribution in [-0.2, 0) is 28.6 Å².